The molecule has 2 saturated carbocycles. The molecule has 2 fully saturated rings. The number of amides is 1. The van der Waals surface area contributed by atoms with Crippen molar-refractivity contribution in [3.05, 3.63) is 71.1 Å². The molecule has 0 saturated heterocycles. The van der Waals surface area contributed by atoms with Crippen LogP contribution >= 0.6 is 11.6 Å². The van der Waals surface area contributed by atoms with Crippen LogP contribution in [0.4, 0.5) is 10.1 Å². The molecule has 154 valence electrons. The average molecular weight is 423 g/mol. The Morgan fingerprint density at radius 3 is 2.60 bits per heavy atom. The molecule has 0 bridgehead atoms. The SMILES string of the molecule is O=C(Nc1cccc(Cl)c1)[C@H]1CC[C@]12CC[C@H](c1ccnc3ccc(F)cc31)CC2. The van der Waals surface area contributed by atoms with Gasteiger partial charge in [-0.2, -0.15) is 0 Å². The number of fused-ring (bicyclic) bond motifs is 1. The number of anilines is 1. The molecule has 1 atom stereocenters. The first-order valence-electron chi connectivity index (χ1n) is 10.6. The Labute approximate surface area is 180 Å². The van der Waals surface area contributed by atoms with E-state index in [-0.39, 0.29) is 23.1 Å². The molecule has 1 aromatic heterocycles. The monoisotopic (exact) mass is 422 g/mol. The van der Waals surface area contributed by atoms with Crippen molar-refractivity contribution in [2.75, 3.05) is 5.32 Å². The van der Waals surface area contributed by atoms with Gasteiger partial charge in [0.15, 0.2) is 0 Å². The molecule has 0 radical (unpaired) electrons. The summed E-state index contributed by atoms with van der Waals surface area (Å²) >= 11 is 6.04. The molecule has 2 aliphatic carbocycles. The summed E-state index contributed by atoms with van der Waals surface area (Å²) < 4.78 is 13.8. The smallest absolute Gasteiger partial charge is 0.228 e. The number of nitrogens with zero attached hydrogens (tertiary/aromatic N) is 1. The Bertz CT molecular complexity index is 1110. The van der Waals surface area contributed by atoms with Gasteiger partial charge in [0.2, 0.25) is 5.91 Å². The van der Waals surface area contributed by atoms with Crippen LogP contribution < -0.4 is 5.32 Å². The van der Waals surface area contributed by atoms with Crippen molar-refractivity contribution in [2.45, 2.75) is 44.4 Å². The van der Waals surface area contributed by atoms with Crippen LogP contribution in [0.3, 0.4) is 0 Å². The van der Waals surface area contributed by atoms with E-state index in [9.17, 15) is 9.18 Å². The van der Waals surface area contributed by atoms with Crippen molar-refractivity contribution >= 4 is 34.1 Å². The Kier molecular flexibility index (Phi) is 4.98. The third-order valence-electron chi connectivity index (χ3n) is 7.24. The summed E-state index contributed by atoms with van der Waals surface area (Å²) in [6, 6.07) is 14.2. The van der Waals surface area contributed by atoms with Crippen LogP contribution in [0.15, 0.2) is 54.7 Å². The van der Waals surface area contributed by atoms with Gasteiger partial charge in [-0.1, -0.05) is 17.7 Å². The number of carbonyl (C=O) groups excluding carboxylic acids is 1. The molecule has 3 nitrogen and oxygen atoms in total. The molecular formula is C25H24ClFN2O. The Balaban J connectivity index is 1.30. The fourth-order valence-electron chi connectivity index (χ4n) is 5.50. The predicted molar refractivity (Wildman–Crippen MR) is 118 cm³/mol. The highest BCUT2D eigenvalue weighted by molar-refractivity contribution is 6.30. The van der Waals surface area contributed by atoms with Crippen LogP contribution in [-0.2, 0) is 4.79 Å². The summed E-state index contributed by atoms with van der Waals surface area (Å²) in [5, 5.41) is 4.60. The molecule has 5 heteroatoms. The van der Waals surface area contributed by atoms with E-state index >= 15 is 0 Å². The Morgan fingerprint density at radius 2 is 1.87 bits per heavy atom. The normalized spacial score (nSPS) is 25.8. The van der Waals surface area contributed by atoms with E-state index < -0.39 is 0 Å². The molecule has 5 rings (SSSR count). The molecule has 3 aromatic rings. The first-order valence-corrected chi connectivity index (χ1v) is 11.0. The first kappa shape index (κ1) is 19.5. The van der Waals surface area contributed by atoms with E-state index in [0.29, 0.717) is 10.9 Å². The highest BCUT2D eigenvalue weighted by Gasteiger charge is 2.51. The Morgan fingerprint density at radius 1 is 1.07 bits per heavy atom. The number of hydrogen-bond acceptors (Lipinski definition) is 2. The lowest BCUT2D eigenvalue weighted by Crippen LogP contribution is -2.48. The van der Waals surface area contributed by atoms with Crippen molar-refractivity contribution in [2.24, 2.45) is 11.3 Å². The minimum Gasteiger partial charge on any atom is -0.326 e. The number of carbonyl (C=O) groups is 1. The second kappa shape index (κ2) is 7.66. The molecule has 2 aliphatic rings. The second-order valence-corrected chi connectivity index (χ2v) is 9.23. The highest BCUT2D eigenvalue weighted by Crippen LogP contribution is 2.58. The minimum absolute atomic E-state index is 0.0593. The van der Waals surface area contributed by atoms with Gasteiger partial charge in [-0.05, 0) is 97.9 Å². The van der Waals surface area contributed by atoms with Crippen molar-refractivity contribution in [3.63, 3.8) is 0 Å². The van der Waals surface area contributed by atoms with Gasteiger partial charge >= 0.3 is 0 Å². The molecule has 0 unspecified atom stereocenters. The number of halogens is 2. The quantitative estimate of drug-likeness (QED) is 0.509. The number of aromatic nitrogens is 1. The molecule has 2 aromatic carbocycles. The largest absolute Gasteiger partial charge is 0.326 e. The third-order valence-corrected chi connectivity index (χ3v) is 7.47. The van der Waals surface area contributed by atoms with Gasteiger partial charge in [0, 0.05) is 28.2 Å². The maximum atomic E-state index is 13.8. The van der Waals surface area contributed by atoms with Gasteiger partial charge < -0.3 is 5.32 Å². The van der Waals surface area contributed by atoms with Gasteiger partial charge in [0.25, 0.3) is 0 Å². The summed E-state index contributed by atoms with van der Waals surface area (Å²) in [5.74, 6) is 0.336. The zero-order chi connectivity index (χ0) is 20.7. The summed E-state index contributed by atoms with van der Waals surface area (Å²) in [7, 11) is 0. The zero-order valence-corrected chi connectivity index (χ0v) is 17.5. The highest BCUT2D eigenvalue weighted by atomic mass is 35.5. The third kappa shape index (κ3) is 3.47. The van der Waals surface area contributed by atoms with Crippen LogP contribution in [0.2, 0.25) is 5.02 Å². The lowest BCUT2D eigenvalue weighted by atomic mass is 9.52. The fraction of sp³-hybridized carbons (Fsp3) is 0.360. The van der Waals surface area contributed by atoms with E-state index in [1.54, 1.807) is 24.3 Å². The van der Waals surface area contributed by atoms with E-state index in [2.05, 4.69) is 10.3 Å². The van der Waals surface area contributed by atoms with Crippen LogP contribution in [0.25, 0.3) is 10.9 Å². The average Bonchev–Trinajstić information content (AvgIpc) is 2.72. The number of benzene rings is 2. The number of rotatable bonds is 3. The van der Waals surface area contributed by atoms with Crippen molar-refractivity contribution in [3.8, 4) is 0 Å². The molecular weight excluding hydrogens is 399 g/mol. The van der Waals surface area contributed by atoms with Crippen LogP contribution in [0, 0.1) is 17.2 Å². The van der Waals surface area contributed by atoms with Gasteiger partial charge in [-0.3, -0.25) is 9.78 Å². The zero-order valence-electron chi connectivity index (χ0n) is 16.7. The predicted octanol–water partition coefficient (Wildman–Crippen LogP) is 6.72. The first-order chi connectivity index (χ1) is 14.5. The van der Waals surface area contributed by atoms with Gasteiger partial charge in [-0.15, -0.1) is 0 Å². The van der Waals surface area contributed by atoms with Crippen molar-refractivity contribution in [1.82, 2.24) is 4.98 Å². The van der Waals surface area contributed by atoms with Crippen LogP contribution in [0.5, 0.6) is 0 Å². The standard InChI is InChI=1S/C25H24ClFN2O/c26-17-2-1-3-19(14-17)29-24(30)22-8-12-25(22)10-6-16(7-11-25)20-9-13-28-23-5-4-18(27)15-21(20)23/h1-5,9,13-16,22H,6-8,10-12H2,(H,29,30)/t16-,22-,25+/m1/s1. The minimum atomic E-state index is -0.222. The Hall–Kier alpha value is -2.46. The maximum absolute atomic E-state index is 13.8. The van der Waals surface area contributed by atoms with E-state index in [0.717, 1.165) is 55.1 Å². The summed E-state index contributed by atoms with van der Waals surface area (Å²) in [6.07, 6.45) is 7.99. The molecule has 1 N–H and O–H groups in total. The number of pyridine rings is 1. The molecule has 1 heterocycles. The second-order valence-electron chi connectivity index (χ2n) is 8.79. The summed E-state index contributed by atoms with van der Waals surface area (Å²) in [4.78, 5) is 17.3. The molecule has 1 amide bonds. The topological polar surface area (TPSA) is 42.0 Å². The van der Waals surface area contributed by atoms with Gasteiger partial charge in [0.1, 0.15) is 5.82 Å². The maximum Gasteiger partial charge on any atom is 0.228 e. The molecule has 0 aliphatic heterocycles. The lowest BCUT2D eigenvalue weighted by molar-refractivity contribution is -0.133. The molecule has 30 heavy (non-hydrogen) atoms. The molecule has 1 spiro atoms. The van der Waals surface area contributed by atoms with E-state index in [1.165, 1.54) is 11.6 Å². The fourth-order valence-corrected chi connectivity index (χ4v) is 5.69. The van der Waals surface area contributed by atoms with Gasteiger partial charge in [-0.25, -0.2) is 4.39 Å². The summed E-state index contributed by atoms with van der Waals surface area (Å²) in [5.41, 5.74) is 2.89. The van der Waals surface area contributed by atoms with Gasteiger partial charge in [0.05, 0.1) is 5.52 Å². The van der Waals surface area contributed by atoms with Crippen molar-refractivity contribution < 1.29 is 9.18 Å². The van der Waals surface area contributed by atoms with Crippen molar-refractivity contribution in [1.29, 1.82) is 0 Å². The number of nitrogens with one attached hydrogen (secondary N) is 1. The number of hydrogen-bond donors (Lipinski definition) is 1. The summed E-state index contributed by atoms with van der Waals surface area (Å²) in [6.45, 7) is 0. The van der Waals surface area contributed by atoms with E-state index in [4.69, 9.17) is 11.6 Å². The lowest BCUT2D eigenvalue weighted by Gasteiger charge is -2.52. The van der Waals surface area contributed by atoms with Crippen LogP contribution in [0.1, 0.15) is 50.0 Å². The van der Waals surface area contributed by atoms with Crippen LogP contribution in [-0.4, -0.2) is 10.9 Å². The van der Waals surface area contributed by atoms with E-state index in [1.807, 2.05) is 24.4 Å².